The molecule has 1 amide bonds. The number of hydrogen-bond donors (Lipinski definition) is 0. The van der Waals surface area contributed by atoms with Crippen LogP contribution in [0.15, 0.2) is 42.5 Å². The first-order chi connectivity index (χ1) is 13.3. The Morgan fingerprint density at radius 3 is 2.36 bits per heavy atom. The molecule has 0 atom stereocenters. The molecule has 0 aliphatic heterocycles. The number of carbonyl (C=O) groups is 2. The van der Waals surface area contributed by atoms with E-state index in [1.807, 2.05) is 26.2 Å². The van der Waals surface area contributed by atoms with E-state index in [-0.39, 0.29) is 11.7 Å². The number of amides is 1. The van der Waals surface area contributed by atoms with Crippen LogP contribution >= 0.6 is 22.9 Å². The SMILES string of the molecule is CC(=O)c1ccc(C(=O)N(CCCN(C)C)c2nc3ccc(Cl)cc3s2)cc1. The molecule has 0 unspecified atom stereocenters. The molecule has 146 valence electrons. The van der Waals surface area contributed by atoms with Crippen molar-refractivity contribution in [3.8, 4) is 0 Å². The third kappa shape index (κ3) is 4.76. The quantitative estimate of drug-likeness (QED) is 0.522. The van der Waals surface area contributed by atoms with E-state index in [4.69, 9.17) is 11.6 Å². The van der Waals surface area contributed by atoms with Crippen LogP contribution in [-0.4, -0.2) is 48.8 Å². The maximum atomic E-state index is 13.2. The number of benzene rings is 2. The molecule has 0 saturated carbocycles. The molecule has 0 spiro atoms. The fraction of sp³-hybridized carbons (Fsp3) is 0.286. The van der Waals surface area contributed by atoms with Crippen LogP contribution in [0.3, 0.4) is 0 Å². The maximum Gasteiger partial charge on any atom is 0.260 e. The predicted octanol–water partition coefficient (Wildman–Crippen LogP) is 4.75. The van der Waals surface area contributed by atoms with Crippen LogP contribution in [0.2, 0.25) is 5.02 Å². The Kier molecular flexibility index (Phi) is 6.44. The highest BCUT2D eigenvalue weighted by Crippen LogP contribution is 2.31. The lowest BCUT2D eigenvalue weighted by atomic mass is 10.1. The predicted molar refractivity (Wildman–Crippen MR) is 116 cm³/mol. The summed E-state index contributed by atoms with van der Waals surface area (Å²) in [5.74, 6) is -0.149. The van der Waals surface area contributed by atoms with Crippen LogP contribution in [0.1, 0.15) is 34.1 Å². The number of fused-ring (bicyclic) bond motifs is 1. The van der Waals surface area contributed by atoms with Crippen molar-refractivity contribution in [1.29, 1.82) is 0 Å². The number of aromatic nitrogens is 1. The van der Waals surface area contributed by atoms with Crippen molar-refractivity contribution in [3.63, 3.8) is 0 Å². The van der Waals surface area contributed by atoms with Crippen molar-refractivity contribution < 1.29 is 9.59 Å². The topological polar surface area (TPSA) is 53.5 Å². The Morgan fingerprint density at radius 1 is 1.04 bits per heavy atom. The Morgan fingerprint density at radius 2 is 1.71 bits per heavy atom. The molecule has 2 aromatic carbocycles. The van der Waals surface area contributed by atoms with Crippen molar-refractivity contribution in [2.24, 2.45) is 0 Å². The molecular formula is C21H22ClN3O2S. The number of rotatable bonds is 7. The van der Waals surface area contributed by atoms with E-state index in [1.54, 1.807) is 35.2 Å². The average molecular weight is 416 g/mol. The number of hydrogen-bond acceptors (Lipinski definition) is 5. The van der Waals surface area contributed by atoms with Gasteiger partial charge < -0.3 is 4.90 Å². The molecule has 0 fully saturated rings. The highest BCUT2D eigenvalue weighted by molar-refractivity contribution is 7.22. The van der Waals surface area contributed by atoms with Gasteiger partial charge in [0.2, 0.25) is 0 Å². The van der Waals surface area contributed by atoms with E-state index in [9.17, 15) is 9.59 Å². The summed E-state index contributed by atoms with van der Waals surface area (Å²) < 4.78 is 0.944. The number of nitrogens with zero attached hydrogens (tertiary/aromatic N) is 3. The summed E-state index contributed by atoms with van der Waals surface area (Å²) in [6, 6.07) is 12.3. The molecular weight excluding hydrogens is 394 g/mol. The van der Waals surface area contributed by atoms with E-state index < -0.39 is 0 Å². The average Bonchev–Trinajstić information content (AvgIpc) is 3.07. The first-order valence-electron chi connectivity index (χ1n) is 8.99. The van der Waals surface area contributed by atoms with Crippen LogP contribution < -0.4 is 4.90 Å². The van der Waals surface area contributed by atoms with Gasteiger partial charge in [0, 0.05) is 22.7 Å². The molecule has 3 aromatic rings. The Labute approximate surface area is 173 Å². The summed E-state index contributed by atoms with van der Waals surface area (Å²) in [6.45, 7) is 2.93. The molecule has 5 nitrogen and oxygen atoms in total. The normalized spacial score (nSPS) is 11.2. The van der Waals surface area contributed by atoms with Crippen LogP contribution in [0.5, 0.6) is 0 Å². The van der Waals surface area contributed by atoms with Crippen LogP contribution in [0.25, 0.3) is 10.2 Å². The molecule has 1 aromatic heterocycles. The van der Waals surface area contributed by atoms with Crippen LogP contribution in [-0.2, 0) is 0 Å². The molecule has 1 heterocycles. The zero-order chi connectivity index (χ0) is 20.3. The van der Waals surface area contributed by atoms with Crippen LogP contribution in [0.4, 0.5) is 5.13 Å². The summed E-state index contributed by atoms with van der Waals surface area (Å²) in [6.07, 6.45) is 0.820. The molecule has 7 heteroatoms. The monoisotopic (exact) mass is 415 g/mol. The second-order valence-electron chi connectivity index (χ2n) is 6.86. The summed E-state index contributed by atoms with van der Waals surface area (Å²) in [4.78, 5) is 33.1. The van der Waals surface area contributed by atoms with Crippen molar-refractivity contribution >= 4 is 50.0 Å². The summed E-state index contributed by atoms with van der Waals surface area (Å²) in [5, 5.41) is 1.30. The standard InChI is InChI=1S/C21H22ClN3O2S/c1-14(26)15-5-7-16(8-6-15)20(27)25(12-4-11-24(2)3)21-23-18-10-9-17(22)13-19(18)28-21/h5-10,13H,4,11-12H2,1-3H3. The number of Topliss-reactive ketones (excluding diaryl/α,β-unsaturated/α-hetero) is 1. The molecule has 28 heavy (non-hydrogen) atoms. The smallest absolute Gasteiger partial charge is 0.260 e. The van der Waals surface area contributed by atoms with E-state index >= 15 is 0 Å². The van der Waals surface area contributed by atoms with Crippen LogP contribution in [0, 0.1) is 0 Å². The maximum absolute atomic E-state index is 13.2. The molecule has 0 saturated heterocycles. The minimum Gasteiger partial charge on any atom is -0.309 e. The Bertz CT molecular complexity index is 999. The van der Waals surface area contributed by atoms with Gasteiger partial charge in [0.05, 0.1) is 10.2 Å². The van der Waals surface area contributed by atoms with Gasteiger partial charge in [0.1, 0.15) is 0 Å². The van der Waals surface area contributed by atoms with Gasteiger partial charge in [-0.25, -0.2) is 4.98 Å². The largest absolute Gasteiger partial charge is 0.309 e. The molecule has 0 aliphatic carbocycles. The summed E-state index contributed by atoms with van der Waals surface area (Å²) in [5.41, 5.74) is 1.94. The summed E-state index contributed by atoms with van der Waals surface area (Å²) >= 11 is 7.54. The first kappa shape index (κ1) is 20.5. The second-order valence-corrected chi connectivity index (χ2v) is 8.30. The molecule has 3 rings (SSSR count). The number of thiazole rings is 1. The van der Waals surface area contributed by atoms with E-state index in [0.29, 0.717) is 27.8 Å². The van der Waals surface area contributed by atoms with Gasteiger partial charge in [-0.15, -0.1) is 0 Å². The van der Waals surface area contributed by atoms with Crippen molar-refractivity contribution in [1.82, 2.24) is 9.88 Å². The van der Waals surface area contributed by atoms with Gasteiger partial charge in [-0.05, 0) is 64.3 Å². The number of anilines is 1. The van der Waals surface area contributed by atoms with Crippen molar-refractivity contribution in [3.05, 3.63) is 58.6 Å². The van der Waals surface area contributed by atoms with E-state index in [0.717, 1.165) is 23.2 Å². The minimum absolute atomic E-state index is 0.0233. The zero-order valence-corrected chi connectivity index (χ0v) is 17.7. The van der Waals surface area contributed by atoms with Gasteiger partial charge in [0.15, 0.2) is 10.9 Å². The lowest BCUT2D eigenvalue weighted by Gasteiger charge is -2.21. The fourth-order valence-electron chi connectivity index (χ4n) is 2.83. The molecule has 0 radical (unpaired) electrons. The lowest BCUT2D eigenvalue weighted by Crippen LogP contribution is -2.33. The third-order valence-electron chi connectivity index (χ3n) is 4.34. The Hall–Kier alpha value is -2.28. The van der Waals surface area contributed by atoms with Gasteiger partial charge in [-0.2, -0.15) is 0 Å². The molecule has 0 bridgehead atoms. The zero-order valence-electron chi connectivity index (χ0n) is 16.1. The number of ketones is 1. The lowest BCUT2D eigenvalue weighted by molar-refractivity contribution is 0.0981. The third-order valence-corrected chi connectivity index (χ3v) is 5.62. The summed E-state index contributed by atoms with van der Waals surface area (Å²) in [7, 11) is 4.01. The Balaban J connectivity index is 1.92. The minimum atomic E-state index is -0.126. The fourth-order valence-corrected chi connectivity index (χ4v) is 4.10. The van der Waals surface area contributed by atoms with Gasteiger partial charge in [0.25, 0.3) is 5.91 Å². The second kappa shape index (κ2) is 8.82. The molecule has 0 aliphatic rings. The molecule has 0 N–H and O–H groups in total. The van der Waals surface area contributed by atoms with Crippen molar-refractivity contribution in [2.75, 3.05) is 32.1 Å². The first-order valence-corrected chi connectivity index (χ1v) is 10.2. The van der Waals surface area contributed by atoms with Gasteiger partial charge >= 0.3 is 0 Å². The van der Waals surface area contributed by atoms with Crippen molar-refractivity contribution in [2.45, 2.75) is 13.3 Å². The van der Waals surface area contributed by atoms with Gasteiger partial charge in [-0.1, -0.05) is 35.1 Å². The number of carbonyl (C=O) groups excluding carboxylic acids is 2. The van der Waals surface area contributed by atoms with Gasteiger partial charge in [-0.3, -0.25) is 14.5 Å². The highest BCUT2D eigenvalue weighted by Gasteiger charge is 2.21. The highest BCUT2D eigenvalue weighted by atomic mass is 35.5. The van der Waals surface area contributed by atoms with E-state index in [2.05, 4.69) is 9.88 Å². The number of halogens is 1. The van der Waals surface area contributed by atoms with E-state index in [1.165, 1.54) is 18.3 Å².